The van der Waals surface area contributed by atoms with Gasteiger partial charge >= 0.3 is 0 Å². The molecule has 0 bridgehead atoms. The molecule has 3 nitrogen and oxygen atoms in total. The predicted molar refractivity (Wildman–Crippen MR) is 53.8 cm³/mol. The zero-order chi connectivity index (χ0) is 10.7. The molecule has 0 unspecified atom stereocenters. The molecule has 14 heavy (non-hydrogen) atoms. The molecule has 0 aliphatic heterocycles. The van der Waals surface area contributed by atoms with E-state index in [1.165, 1.54) is 13.2 Å². The summed E-state index contributed by atoms with van der Waals surface area (Å²) in [5.74, 6) is 0.366. The molecule has 0 aromatic heterocycles. The zero-order valence-electron chi connectivity index (χ0n) is 8.57. The zero-order valence-corrected chi connectivity index (χ0v) is 8.57. The molecule has 1 N–H and O–H groups in total. The smallest absolute Gasteiger partial charge is 0.169 e. The molecule has 0 fully saturated rings. The Balaban J connectivity index is 3.12. The first-order valence-electron chi connectivity index (χ1n) is 4.47. The van der Waals surface area contributed by atoms with Crippen molar-refractivity contribution in [3.8, 4) is 11.5 Å². The summed E-state index contributed by atoms with van der Waals surface area (Å²) in [4.78, 5) is 11.6. The summed E-state index contributed by atoms with van der Waals surface area (Å²) in [5, 5.41) is 9.47. The third-order valence-electron chi connectivity index (χ3n) is 1.99. The average molecular weight is 194 g/mol. The van der Waals surface area contributed by atoms with Crippen LogP contribution in [-0.2, 0) is 0 Å². The van der Waals surface area contributed by atoms with Gasteiger partial charge in [-0.05, 0) is 18.2 Å². The quantitative estimate of drug-likeness (QED) is 0.750. The van der Waals surface area contributed by atoms with Crippen LogP contribution in [0.1, 0.15) is 24.2 Å². The van der Waals surface area contributed by atoms with Crippen LogP contribution in [0.15, 0.2) is 18.2 Å². The molecule has 3 heteroatoms. The van der Waals surface area contributed by atoms with Crippen molar-refractivity contribution in [2.75, 3.05) is 7.11 Å². The van der Waals surface area contributed by atoms with E-state index in [-0.39, 0.29) is 17.5 Å². The maximum Gasteiger partial charge on any atom is 0.169 e. The van der Waals surface area contributed by atoms with Gasteiger partial charge in [0.2, 0.25) is 0 Å². The number of ether oxygens (including phenoxy) is 1. The first kappa shape index (κ1) is 10.6. The Morgan fingerprint density at radius 1 is 1.43 bits per heavy atom. The van der Waals surface area contributed by atoms with Crippen LogP contribution in [0.2, 0.25) is 0 Å². The van der Waals surface area contributed by atoms with Gasteiger partial charge in [-0.1, -0.05) is 13.8 Å². The number of Topliss-reactive ketones (excluding diaryl/α,β-unsaturated/α-hetero) is 1. The van der Waals surface area contributed by atoms with E-state index in [2.05, 4.69) is 0 Å². The number of ketones is 1. The van der Waals surface area contributed by atoms with Crippen molar-refractivity contribution >= 4 is 5.78 Å². The molecule has 0 amide bonds. The van der Waals surface area contributed by atoms with Crippen molar-refractivity contribution in [3.63, 3.8) is 0 Å². The van der Waals surface area contributed by atoms with Gasteiger partial charge in [0, 0.05) is 5.92 Å². The maximum atomic E-state index is 11.6. The molecule has 1 rings (SSSR count). The second kappa shape index (κ2) is 4.13. The van der Waals surface area contributed by atoms with Crippen LogP contribution in [0.4, 0.5) is 0 Å². The topological polar surface area (TPSA) is 46.5 Å². The van der Waals surface area contributed by atoms with Crippen molar-refractivity contribution < 1.29 is 14.6 Å². The van der Waals surface area contributed by atoms with E-state index in [9.17, 15) is 9.90 Å². The molecule has 0 heterocycles. The van der Waals surface area contributed by atoms with Crippen molar-refractivity contribution in [2.24, 2.45) is 5.92 Å². The number of methoxy groups -OCH3 is 1. The Kier molecular flexibility index (Phi) is 3.12. The molecule has 1 aromatic rings. The van der Waals surface area contributed by atoms with Gasteiger partial charge in [0.05, 0.1) is 12.7 Å². The lowest BCUT2D eigenvalue weighted by atomic mass is 10.0. The fourth-order valence-electron chi connectivity index (χ4n) is 1.15. The molecule has 0 spiro atoms. The molecule has 0 atom stereocenters. The highest BCUT2D eigenvalue weighted by Gasteiger charge is 2.15. The number of carbonyl (C=O) groups excluding carboxylic acids is 1. The van der Waals surface area contributed by atoms with Gasteiger partial charge in [-0.25, -0.2) is 0 Å². The summed E-state index contributed by atoms with van der Waals surface area (Å²) in [7, 11) is 1.52. The minimum atomic E-state index is -0.131. The predicted octanol–water partition coefficient (Wildman–Crippen LogP) is 2.24. The molecule has 0 aliphatic rings. The third kappa shape index (κ3) is 2.05. The Morgan fingerprint density at radius 3 is 2.57 bits per heavy atom. The number of hydrogen-bond donors (Lipinski definition) is 1. The Morgan fingerprint density at radius 2 is 2.07 bits per heavy atom. The van der Waals surface area contributed by atoms with Crippen LogP contribution in [0.5, 0.6) is 11.5 Å². The molecule has 76 valence electrons. The van der Waals surface area contributed by atoms with E-state index >= 15 is 0 Å². The van der Waals surface area contributed by atoms with E-state index < -0.39 is 0 Å². The third-order valence-corrected chi connectivity index (χ3v) is 1.99. The van der Waals surface area contributed by atoms with Crippen molar-refractivity contribution in [3.05, 3.63) is 23.8 Å². The molecule has 0 saturated carbocycles. The lowest BCUT2D eigenvalue weighted by molar-refractivity contribution is 0.0936. The van der Waals surface area contributed by atoms with Gasteiger partial charge in [-0.2, -0.15) is 0 Å². The lowest BCUT2D eigenvalue weighted by Gasteiger charge is -2.08. The molecule has 0 aliphatic carbocycles. The van der Waals surface area contributed by atoms with Crippen LogP contribution in [0.3, 0.4) is 0 Å². The largest absolute Gasteiger partial charge is 0.507 e. The highest BCUT2D eigenvalue weighted by Crippen LogP contribution is 2.25. The summed E-state index contributed by atoms with van der Waals surface area (Å²) in [6.07, 6.45) is 0. The molecular weight excluding hydrogens is 180 g/mol. The fraction of sp³-hybridized carbons (Fsp3) is 0.364. The highest BCUT2D eigenvalue weighted by molar-refractivity contribution is 6.00. The fourth-order valence-corrected chi connectivity index (χ4v) is 1.15. The number of hydrogen-bond acceptors (Lipinski definition) is 3. The van der Waals surface area contributed by atoms with Crippen molar-refractivity contribution in [2.45, 2.75) is 13.8 Å². The Hall–Kier alpha value is -1.51. The van der Waals surface area contributed by atoms with Crippen LogP contribution < -0.4 is 4.74 Å². The number of phenols is 1. The summed E-state index contributed by atoms with van der Waals surface area (Å²) in [6, 6.07) is 4.64. The number of rotatable bonds is 3. The second-order valence-electron chi connectivity index (χ2n) is 3.40. The van der Waals surface area contributed by atoms with Crippen LogP contribution >= 0.6 is 0 Å². The summed E-state index contributed by atoms with van der Waals surface area (Å²) >= 11 is 0. The number of aromatic hydroxyl groups is 1. The molecule has 1 aromatic carbocycles. The summed E-state index contributed by atoms with van der Waals surface area (Å²) in [6.45, 7) is 3.59. The maximum absolute atomic E-state index is 11.6. The van der Waals surface area contributed by atoms with Crippen LogP contribution in [0, 0.1) is 5.92 Å². The lowest BCUT2D eigenvalue weighted by Crippen LogP contribution is -2.07. The minimum absolute atomic E-state index is 0.00417. The summed E-state index contributed by atoms with van der Waals surface area (Å²) < 4.78 is 4.98. The van der Waals surface area contributed by atoms with Gasteiger partial charge in [0.25, 0.3) is 0 Å². The minimum Gasteiger partial charge on any atom is -0.507 e. The highest BCUT2D eigenvalue weighted by atomic mass is 16.5. The average Bonchev–Trinajstić information content (AvgIpc) is 2.17. The number of phenolic OH excluding ortho intramolecular Hbond substituents is 1. The monoisotopic (exact) mass is 194 g/mol. The van der Waals surface area contributed by atoms with Crippen LogP contribution in [0.25, 0.3) is 0 Å². The van der Waals surface area contributed by atoms with Crippen molar-refractivity contribution in [1.29, 1.82) is 0 Å². The number of benzene rings is 1. The van der Waals surface area contributed by atoms with Gasteiger partial charge in [0.1, 0.15) is 11.5 Å². The van der Waals surface area contributed by atoms with E-state index in [4.69, 9.17) is 4.74 Å². The van der Waals surface area contributed by atoms with E-state index in [0.717, 1.165) is 0 Å². The SMILES string of the molecule is COc1ccc(O)c(C(=O)C(C)C)c1. The molecule has 0 radical (unpaired) electrons. The van der Waals surface area contributed by atoms with E-state index in [0.29, 0.717) is 11.3 Å². The Labute approximate surface area is 83.3 Å². The molecule has 0 saturated heterocycles. The van der Waals surface area contributed by atoms with Crippen LogP contribution in [-0.4, -0.2) is 18.0 Å². The van der Waals surface area contributed by atoms with Gasteiger partial charge in [-0.3, -0.25) is 4.79 Å². The molecular formula is C11H14O3. The van der Waals surface area contributed by atoms with E-state index in [1.54, 1.807) is 26.0 Å². The second-order valence-corrected chi connectivity index (χ2v) is 3.40. The first-order chi connectivity index (χ1) is 6.56. The Bertz CT molecular complexity index is 342. The number of carbonyl (C=O) groups is 1. The van der Waals surface area contributed by atoms with Gasteiger partial charge in [-0.15, -0.1) is 0 Å². The summed E-state index contributed by atoms with van der Waals surface area (Å²) in [5.41, 5.74) is 0.319. The standard InChI is InChI=1S/C11H14O3/c1-7(2)11(13)9-6-8(14-3)4-5-10(9)12/h4-7,12H,1-3H3. The first-order valence-corrected chi connectivity index (χ1v) is 4.47. The van der Waals surface area contributed by atoms with Gasteiger partial charge < -0.3 is 9.84 Å². The van der Waals surface area contributed by atoms with Crippen molar-refractivity contribution in [1.82, 2.24) is 0 Å². The van der Waals surface area contributed by atoms with E-state index in [1.807, 2.05) is 0 Å². The normalized spacial score (nSPS) is 10.3. The van der Waals surface area contributed by atoms with Gasteiger partial charge in [0.15, 0.2) is 5.78 Å².